The smallest absolute Gasteiger partial charge is 0.268 e. The molecule has 1 saturated carbocycles. The normalized spacial score (nSPS) is 26.5. The summed E-state index contributed by atoms with van der Waals surface area (Å²) < 4.78 is 0. The van der Waals surface area contributed by atoms with Crippen molar-refractivity contribution in [2.24, 2.45) is 5.92 Å². The SMILES string of the molecule is CC1(C)C2CCCCC2NN1C(=O)c1ccc([N+](=O)[O-])cc1. The molecule has 1 aliphatic heterocycles. The average Bonchev–Trinajstić information content (AvgIpc) is 2.78. The molecule has 1 saturated heterocycles. The number of nitro groups is 1. The Morgan fingerprint density at radius 1 is 1.27 bits per heavy atom. The maximum atomic E-state index is 12.8. The van der Waals surface area contributed by atoms with Gasteiger partial charge >= 0.3 is 0 Å². The Morgan fingerprint density at radius 3 is 2.50 bits per heavy atom. The van der Waals surface area contributed by atoms with Crippen LogP contribution in [0.3, 0.4) is 0 Å². The zero-order valence-corrected chi connectivity index (χ0v) is 12.9. The van der Waals surface area contributed by atoms with Crippen LogP contribution in [0.5, 0.6) is 0 Å². The van der Waals surface area contributed by atoms with E-state index in [1.165, 1.54) is 37.1 Å². The standard InChI is InChI=1S/C16H21N3O3/c1-16(2)13-5-3-4-6-14(13)17-18(16)15(20)11-7-9-12(10-8-11)19(21)22/h7-10,13-14,17H,3-6H2,1-2H3. The molecular formula is C16H21N3O3. The molecular weight excluding hydrogens is 282 g/mol. The lowest BCUT2D eigenvalue weighted by Crippen LogP contribution is -2.50. The molecule has 1 heterocycles. The summed E-state index contributed by atoms with van der Waals surface area (Å²) in [6.45, 7) is 4.19. The Hall–Kier alpha value is -1.95. The molecule has 2 atom stereocenters. The largest absolute Gasteiger partial charge is 0.269 e. The molecule has 3 rings (SSSR count). The van der Waals surface area contributed by atoms with Gasteiger partial charge in [-0.15, -0.1) is 0 Å². The summed E-state index contributed by atoms with van der Waals surface area (Å²) in [4.78, 5) is 23.0. The van der Waals surface area contributed by atoms with Gasteiger partial charge in [-0.05, 0) is 38.8 Å². The van der Waals surface area contributed by atoms with Gasteiger partial charge in [-0.3, -0.25) is 19.9 Å². The highest BCUT2D eigenvalue weighted by Gasteiger charge is 2.50. The predicted molar refractivity (Wildman–Crippen MR) is 82.2 cm³/mol. The van der Waals surface area contributed by atoms with Gasteiger partial charge in [0.2, 0.25) is 0 Å². The van der Waals surface area contributed by atoms with Crippen molar-refractivity contribution in [1.82, 2.24) is 10.4 Å². The summed E-state index contributed by atoms with van der Waals surface area (Å²) in [6.07, 6.45) is 4.64. The predicted octanol–water partition coefficient (Wildman–Crippen LogP) is 2.89. The molecule has 1 aliphatic carbocycles. The van der Waals surface area contributed by atoms with Crippen molar-refractivity contribution < 1.29 is 9.72 Å². The third-order valence-electron chi connectivity index (χ3n) is 5.07. The molecule has 1 aromatic rings. The van der Waals surface area contributed by atoms with Crippen molar-refractivity contribution in [3.63, 3.8) is 0 Å². The molecule has 22 heavy (non-hydrogen) atoms. The number of hydrazine groups is 1. The summed E-state index contributed by atoms with van der Waals surface area (Å²) in [5.41, 5.74) is 3.60. The highest BCUT2D eigenvalue weighted by Crippen LogP contribution is 2.41. The molecule has 2 fully saturated rings. The van der Waals surface area contributed by atoms with Crippen molar-refractivity contribution in [3.8, 4) is 0 Å². The quantitative estimate of drug-likeness (QED) is 0.673. The number of non-ortho nitro benzene ring substituents is 1. The Labute approximate surface area is 129 Å². The Bertz CT molecular complexity index is 597. The van der Waals surface area contributed by atoms with E-state index < -0.39 is 4.92 Å². The van der Waals surface area contributed by atoms with E-state index in [2.05, 4.69) is 19.3 Å². The number of hydrogen-bond acceptors (Lipinski definition) is 4. The Kier molecular flexibility index (Phi) is 3.64. The van der Waals surface area contributed by atoms with E-state index in [0.29, 0.717) is 17.5 Å². The number of carbonyl (C=O) groups excluding carboxylic acids is 1. The van der Waals surface area contributed by atoms with Gasteiger partial charge in [-0.2, -0.15) is 0 Å². The van der Waals surface area contributed by atoms with E-state index in [4.69, 9.17) is 0 Å². The minimum Gasteiger partial charge on any atom is -0.268 e. The molecule has 0 spiro atoms. The summed E-state index contributed by atoms with van der Waals surface area (Å²) in [5, 5.41) is 12.4. The minimum atomic E-state index is -0.457. The second-order valence-corrected chi connectivity index (χ2v) is 6.72. The molecule has 2 unspecified atom stereocenters. The van der Waals surface area contributed by atoms with Gasteiger partial charge < -0.3 is 0 Å². The number of carbonyl (C=O) groups is 1. The third kappa shape index (κ3) is 2.37. The van der Waals surface area contributed by atoms with Crippen LogP contribution in [0.4, 0.5) is 5.69 Å². The molecule has 1 aromatic carbocycles. The summed E-state index contributed by atoms with van der Waals surface area (Å²) in [7, 11) is 0. The van der Waals surface area contributed by atoms with E-state index >= 15 is 0 Å². The molecule has 0 radical (unpaired) electrons. The summed E-state index contributed by atoms with van der Waals surface area (Å²) in [5.74, 6) is 0.345. The minimum absolute atomic E-state index is 0.00105. The van der Waals surface area contributed by atoms with Gasteiger partial charge in [0, 0.05) is 29.7 Å². The van der Waals surface area contributed by atoms with E-state index in [9.17, 15) is 14.9 Å². The Morgan fingerprint density at radius 2 is 1.91 bits per heavy atom. The number of nitrogens with one attached hydrogen (secondary N) is 1. The summed E-state index contributed by atoms with van der Waals surface area (Å²) in [6, 6.07) is 6.17. The lowest BCUT2D eigenvalue weighted by Gasteiger charge is -2.36. The molecule has 2 aliphatic rings. The van der Waals surface area contributed by atoms with Crippen LogP contribution in [0, 0.1) is 16.0 Å². The highest BCUT2D eigenvalue weighted by atomic mass is 16.6. The lowest BCUT2D eigenvalue weighted by atomic mass is 9.75. The van der Waals surface area contributed by atoms with Crippen molar-refractivity contribution in [1.29, 1.82) is 0 Å². The van der Waals surface area contributed by atoms with Crippen molar-refractivity contribution in [3.05, 3.63) is 39.9 Å². The van der Waals surface area contributed by atoms with Gasteiger partial charge in [-0.25, -0.2) is 5.43 Å². The van der Waals surface area contributed by atoms with Gasteiger partial charge in [0.15, 0.2) is 0 Å². The fraction of sp³-hybridized carbons (Fsp3) is 0.562. The van der Waals surface area contributed by atoms with Crippen LogP contribution in [0.2, 0.25) is 0 Å². The van der Waals surface area contributed by atoms with E-state index in [1.807, 2.05) is 0 Å². The zero-order valence-electron chi connectivity index (χ0n) is 12.9. The number of nitro benzene ring substituents is 1. The molecule has 1 N–H and O–H groups in total. The summed E-state index contributed by atoms with van der Waals surface area (Å²) >= 11 is 0. The van der Waals surface area contributed by atoms with E-state index in [1.54, 1.807) is 5.01 Å². The van der Waals surface area contributed by atoms with Crippen LogP contribution in [0.15, 0.2) is 24.3 Å². The van der Waals surface area contributed by atoms with Crippen LogP contribution < -0.4 is 5.43 Å². The topological polar surface area (TPSA) is 75.5 Å². The van der Waals surface area contributed by atoms with Crippen molar-refractivity contribution in [2.75, 3.05) is 0 Å². The molecule has 0 bridgehead atoms. The molecule has 0 aromatic heterocycles. The van der Waals surface area contributed by atoms with Crippen molar-refractivity contribution in [2.45, 2.75) is 51.1 Å². The molecule has 6 nitrogen and oxygen atoms in total. The van der Waals surface area contributed by atoms with Crippen LogP contribution in [-0.4, -0.2) is 27.4 Å². The second-order valence-electron chi connectivity index (χ2n) is 6.72. The third-order valence-corrected chi connectivity index (χ3v) is 5.07. The number of amides is 1. The van der Waals surface area contributed by atoms with Gasteiger partial charge in [0.05, 0.1) is 10.5 Å². The number of hydrogen-bond donors (Lipinski definition) is 1. The van der Waals surface area contributed by atoms with Gasteiger partial charge in [0.1, 0.15) is 0 Å². The van der Waals surface area contributed by atoms with Gasteiger partial charge in [0.25, 0.3) is 11.6 Å². The first-order chi connectivity index (χ1) is 10.4. The first kappa shape index (κ1) is 15.0. The molecule has 1 amide bonds. The second kappa shape index (κ2) is 5.35. The van der Waals surface area contributed by atoms with Crippen LogP contribution >= 0.6 is 0 Å². The average molecular weight is 303 g/mol. The number of nitrogens with zero attached hydrogens (tertiary/aromatic N) is 2. The maximum Gasteiger partial charge on any atom is 0.269 e. The first-order valence-corrected chi connectivity index (χ1v) is 7.76. The fourth-order valence-electron chi connectivity index (χ4n) is 3.80. The molecule has 118 valence electrons. The van der Waals surface area contributed by atoms with Crippen LogP contribution in [0.25, 0.3) is 0 Å². The highest BCUT2D eigenvalue weighted by molar-refractivity contribution is 5.94. The number of rotatable bonds is 2. The van der Waals surface area contributed by atoms with E-state index in [-0.39, 0.29) is 17.1 Å². The van der Waals surface area contributed by atoms with Gasteiger partial charge in [-0.1, -0.05) is 12.8 Å². The van der Waals surface area contributed by atoms with E-state index in [0.717, 1.165) is 12.8 Å². The zero-order chi connectivity index (χ0) is 15.9. The fourth-order valence-corrected chi connectivity index (χ4v) is 3.80. The number of benzene rings is 1. The van der Waals surface area contributed by atoms with Crippen LogP contribution in [-0.2, 0) is 0 Å². The number of fused-ring (bicyclic) bond motifs is 1. The Balaban J connectivity index is 1.83. The van der Waals surface area contributed by atoms with Crippen LogP contribution in [0.1, 0.15) is 49.9 Å². The maximum absolute atomic E-state index is 12.8. The molecule has 6 heteroatoms. The lowest BCUT2D eigenvalue weighted by molar-refractivity contribution is -0.384. The van der Waals surface area contributed by atoms with Crippen molar-refractivity contribution >= 4 is 11.6 Å². The first-order valence-electron chi connectivity index (χ1n) is 7.76. The monoisotopic (exact) mass is 303 g/mol.